The molecule has 26 heavy (non-hydrogen) atoms. The molecule has 0 aliphatic rings. The first kappa shape index (κ1) is 19.4. The van der Waals surface area contributed by atoms with Crippen molar-refractivity contribution in [3.05, 3.63) is 59.7 Å². The molecule has 4 rings (SSSR count). The van der Waals surface area contributed by atoms with Crippen LogP contribution in [0.3, 0.4) is 0 Å². The molecule has 0 aliphatic heterocycles. The van der Waals surface area contributed by atoms with Gasteiger partial charge >= 0.3 is 0 Å². The summed E-state index contributed by atoms with van der Waals surface area (Å²) < 4.78 is 5.89. The number of hydrogen-bond donors (Lipinski definition) is 5. The van der Waals surface area contributed by atoms with Crippen LogP contribution in [0.1, 0.15) is 11.1 Å². The summed E-state index contributed by atoms with van der Waals surface area (Å²) in [4.78, 5) is 3.30. The van der Waals surface area contributed by atoms with Crippen molar-refractivity contribution in [2.45, 2.75) is 0 Å². The van der Waals surface area contributed by atoms with Gasteiger partial charge in [-0.25, -0.2) is 0 Å². The van der Waals surface area contributed by atoms with Crippen LogP contribution in [-0.4, -0.2) is 16.7 Å². The summed E-state index contributed by atoms with van der Waals surface area (Å²) in [6, 6.07) is 14.9. The Bertz CT molecular complexity index is 1040. The largest absolute Gasteiger partial charge is 0.455 e. The van der Waals surface area contributed by atoms with E-state index in [0.717, 1.165) is 27.6 Å². The third-order valence-electron chi connectivity index (χ3n) is 4.02. The molecule has 134 valence electrons. The number of amidine groups is 2. The van der Waals surface area contributed by atoms with Gasteiger partial charge in [-0.1, -0.05) is 0 Å². The Hall–Kier alpha value is -2.96. The molecule has 0 radical (unpaired) electrons. The molecule has 2 aromatic carbocycles. The first-order valence-electron chi connectivity index (χ1n) is 7.37. The lowest BCUT2D eigenvalue weighted by molar-refractivity contribution is 0.629. The van der Waals surface area contributed by atoms with E-state index in [9.17, 15) is 0 Å². The highest BCUT2D eigenvalue weighted by atomic mass is 35.5. The Morgan fingerprint density at radius 2 is 1.42 bits per heavy atom. The van der Waals surface area contributed by atoms with Gasteiger partial charge in [-0.15, -0.1) is 24.8 Å². The minimum atomic E-state index is 0. The van der Waals surface area contributed by atoms with E-state index in [2.05, 4.69) is 4.98 Å². The number of nitrogens with one attached hydrogen (secondary N) is 3. The molecule has 2 aromatic heterocycles. The van der Waals surface area contributed by atoms with Crippen molar-refractivity contribution < 1.29 is 4.42 Å². The molecule has 0 saturated carbocycles. The van der Waals surface area contributed by atoms with Gasteiger partial charge in [-0.3, -0.25) is 10.8 Å². The number of halogens is 2. The first-order valence-corrected chi connectivity index (χ1v) is 7.37. The van der Waals surface area contributed by atoms with Crippen molar-refractivity contribution in [1.29, 1.82) is 10.8 Å². The fraction of sp³-hybridized carbons (Fsp3) is 0. The molecule has 0 spiro atoms. The second kappa shape index (κ2) is 7.11. The van der Waals surface area contributed by atoms with Gasteiger partial charge in [0, 0.05) is 27.4 Å². The minimum Gasteiger partial charge on any atom is -0.455 e. The van der Waals surface area contributed by atoms with Crippen LogP contribution in [0.15, 0.2) is 52.9 Å². The summed E-state index contributed by atoms with van der Waals surface area (Å²) in [5.74, 6) is 0.772. The number of rotatable bonds is 3. The molecule has 0 amide bonds. The second-order valence-corrected chi connectivity index (χ2v) is 5.68. The van der Waals surface area contributed by atoms with Crippen LogP contribution in [0.2, 0.25) is 0 Å². The van der Waals surface area contributed by atoms with E-state index >= 15 is 0 Å². The van der Waals surface area contributed by atoms with Gasteiger partial charge in [0.1, 0.15) is 17.3 Å². The van der Waals surface area contributed by atoms with E-state index in [0.29, 0.717) is 16.9 Å². The molecule has 2 heterocycles. The zero-order valence-electron chi connectivity index (χ0n) is 13.5. The first-order chi connectivity index (χ1) is 11.5. The summed E-state index contributed by atoms with van der Waals surface area (Å²) in [5, 5.41) is 16.9. The maximum Gasteiger partial charge on any atom is 0.151 e. The Labute approximate surface area is 161 Å². The number of nitrogens with two attached hydrogens (primary N) is 2. The highest BCUT2D eigenvalue weighted by Crippen LogP contribution is 2.30. The van der Waals surface area contributed by atoms with E-state index in [1.54, 1.807) is 6.07 Å². The quantitative estimate of drug-likeness (QED) is 0.268. The van der Waals surface area contributed by atoms with Crippen LogP contribution < -0.4 is 11.5 Å². The maximum atomic E-state index is 7.53. The fourth-order valence-corrected chi connectivity index (χ4v) is 2.78. The van der Waals surface area contributed by atoms with Crippen molar-refractivity contribution in [3.8, 4) is 11.5 Å². The summed E-state index contributed by atoms with van der Waals surface area (Å²) in [6.07, 6.45) is 0. The zero-order valence-corrected chi connectivity index (χ0v) is 15.1. The van der Waals surface area contributed by atoms with Gasteiger partial charge in [-0.2, -0.15) is 0 Å². The Balaban J connectivity index is 0.00000121. The third-order valence-corrected chi connectivity index (χ3v) is 4.02. The molecule has 4 aromatic rings. The molecule has 7 N–H and O–H groups in total. The van der Waals surface area contributed by atoms with Crippen LogP contribution in [-0.2, 0) is 0 Å². The SMILES string of the molecule is Cl.Cl.N=C(N)c1ccc2[nH]c(-c3cc4cc(C(=N)N)ccc4o3)cc2c1. The van der Waals surface area contributed by atoms with Gasteiger partial charge in [0.25, 0.3) is 0 Å². The Morgan fingerprint density at radius 1 is 0.808 bits per heavy atom. The lowest BCUT2D eigenvalue weighted by Crippen LogP contribution is -2.10. The van der Waals surface area contributed by atoms with Crippen molar-refractivity contribution in [2.24, 2.45) is 11.5 Å². The third kappa shape index (κ3) is 3.24. The molecule has 0 saturated heterocycles. The summed E-state index contributed by atoms with van der Waals surface area (Å²) in [7, 11) is 0. The molecular weight excluding hydrogens is 373 g/mol. The number of furan rings is 1. The molecule has 0 unspecified atom stereocenters. The molecular formula is C18H17Cl2N5O. The Kier molecular flexibility index (Phi) is 5.30. The highest BCUT2D eigenvalue weighted by Gasteiger charge is 2.11. The standard InChI is InChI=1S/C18H15N5O.2ClH/c19-17(20)9-1-3-13-11(5-9)7-14(23-13)16-8-12-6-10(18(21)22)2-4-15(12)24-16;;/h1-8,23H,(H3,19,20)(H3,21,22);2*1H. The van der Waals surface area contributed by atoms with Crippen LogP contribution in [0.25, 0.3) is 33.3 Å². The molecule has 0 aliphatic carbocycles. The van der Waals surface area contributed by atoms with E-state index in [4.69, 9.17) is 26.7 Å². The predicted molar refractivity (Wildman–Crippen MR) is 110 cm³/mol. The molecule has 0 fully saturated rings. The van der Waals surface area contributed by atoms with Crippen molar-refractivity contribution in [1.82, 2.24) is 4.98 Å². The Morgan fingerprint density at radius 3 is 2.08 bits per heavy atom. The lowest BCUT2D eigenvalue weighted by atomic mass is 10.1. The number of benzene rings is 2. The van der Waals surface area contributed by atoms with Gasteiger partial charge in [-0.05, 0) is 48.5 Å². The van der Waals surface area contributed by atoms with Crippen molar-refractivity contribution >= 4 is 58.4 Å². The van der Waals surface area contributed by atoms with Crippen LogP contribution in [0, 0.1) is 10.8 Å². The summed E-state index contributed by atoms with van der Waals surface area (Å²) >= 11 is 0. The molecule has 0 bridgehead atoms. The molecule has 0 atom stereocenters. The summed E-state index contributed by atoms with van der Waals surface area (Å²) in [5.41, 5.74) is 14.9. The van der Waals surface area contributed by atoms with E-state index < -0.39 is 0 Å². The normalized spacial score (nSPS) is 10.3. The van der Waals surface area contributed by atoms with E-state index in [1.807, 2.05) is 42.5 Å². The number of nitrogen functional groups attached to an aromatic ring is 2. The van der Waals surface area contributed by atoms with Crippen LogP contribution in [0.5, 0.6) is 0 Å². The topological polar surface area (TPSA) is 129 Å². The molecule has 6 nitrogen and oxygen atoms in total. The van der Waals surface area contributed by atoms with Gasteiger partial charge in [0.05, 0.1) is 5.69 Å². The van der Waals surface area contributed by atoms with Crippen molar-refractivity contribution in [2.75, 3.05) is 0 Å². The monoisotopic (exact) mass is 389 g/mol. The smallest absolute Gasteiger partial charge is 0.151 e. The zero-order chi connectivity index (χ0) is 16.8. The number of aromatic amines is 1. The second-order valence-electron chi connectivity index (χ2n) is 5.68. The van der Waals surface area contributed by atoms with Gasteiger partial charge in [0.15, 0.2) is 5.76 Å². The molecule has 8 heteroatoms. The maximum absolute atomic E-state index is 7.53. The average Bonchev–Trinajstić information content (AvgIpc) is 3.16. The van der Waals surface area contributed by atoms with Crippen LogP contribution >= 0.6 is 24.8 Å². The highest BCUT2D eigenvalue weighted by molar-refractivity contribution is 6.00. The van der Waals surface area contributed by atoms with Gasteiger partial charge in [0.2, 0.25) is 0 Å². The average molecular weight is 390 g/mol. The lowest BCUT2D eigenvalue weighted by Gasteiger charge is -1.96. The number of hydrogen-bond acceptors (Lipinski definition) is 3. The predicted octanol–water partition coefficient (Wildman–Crippen LogP) is 3.99. The number of fused-ring (bicyclic) bond motifs is 2. The van der Waals surface area contributed by atoms with E-state index in [-0.39, 0.29) is 36.5 Å². The fourth-order valence-electron chi connectivity index (χ4n) is 2.78. The van der Waals surface area contributed by atoms with Gasteiger partial charge < -0.3 is 20.9 Å². The van der Waals surface area contributed by atoms with Crippen LogP contribution in [0.4, 0.5) is 0 Å². The number of aromatic nitrogens is 1. The summed E-state index contributed by atoms with van der Waals surface area (Å²) in [6.45, 7) is 0. The van der Waals surface area contributed by atoms with E-state index in [1.165, 1.54) is 0 Å². The minimum absolute atomic E-state index is 0. The van der Waals surface area contributed by atoms with Crippen molar-refractivity contribution in [3.63, 3.8) is 0 Å². The number of H-pyrrole nitrogens is 1.